The largest absolute Gasteiger partial charge is 0.343 e. The number of nitrogens with zero attached hydrogens (tertiary/aromatic N) is 2. The van der Waals surface area contributed by atoms with Gasteiger partial charge in [-0.25, -0.2) is 0 Å². The summed E-state index contributed by atoms with van der Waals surface area (Å²) in [5.74, 6) is 0.318. The predicted molar refractivity (Wildman–Crippen MR) is 80.5 cm³/mol. The van der Waals surface area contributed by atoms with Crippen molar-refractivity contribution in [2.45, 2.75) is 45.7 Å². The van der Waals surface area contributed by atoms with Gasteiger partial charge in [-0.15, -0.1) is 0 Å². The lowest BCUT2D eigenvalue weighted by molar-refractivity contribution is -0.149. The molecule has 2 heterocycles. The molecule has 5 heteroatoms. The van der Waals surface area contributed by atoms with Crippen molar-refractivity contribution in [3.05, 3.63) is 30.1 Å². The Morgan fingerprint density at radius 3 is 2.71 bits per heavy atom. The highest BCUT2D eigenvalue weighted by Gasteiger charge is 2.37. The topological polar surface area (TPSA) is 62.3 Å². The second-order valence-corrected chi connectivity index (χ2v) is 5.97. The van der Waals surface area contributed by atoms with Gasteiger partial charge in [0.05, 0.1) is 0 Å². The van der Waals surface area contributed by atoms with Gasteiger partial charge in [0, 0.05) is 24.9 Å². The van der Waals surface area contributed by atoms with E-state index >= 15 is 0 Å². The van der Waals surface area contributed by atoms with Gasteiger partial charge < -0.3 is 10.2 Å². The number of piperazine rings is 1. The fourth-order valence-corrected chi connectivity index (χ4v) is 2.60. The van der Waals surface area contributed by atoms with Crippen LogP contribution in [0.4, 0.5) is 0 Å². The van der Waals surface area contributed by atoms with Gasteiger partial charge in [0.1, 0.15) is 12.1 Å². The molecule has 0 aliphatic carbocycles. The fraction of sp³-hybridized carbons (Fsp3) is 0.562. The lowest BCUT2D eigenvalue weighted by Crippen LogP contribution is -2.62. The number of nitrogens with one attached hydrogen (secondary N) is 1. The van der Waals surface area contributed by atoms with E-state index in [2.05, 4.69) is 24.1 Å². The zero-order valence-corrected chi connectivity index (χ0v) is 12.9. The molecular weight excluding hydrogens is 266 g/mol. The highest BCUT2D eigenvalue weighted by atomic mass is 16.2. The summed E-state index contributed by atoms with van der Waals surface area (Å²) in [5.41, 5.74) is 0.934. The maximum atomic E-state index is 12.5. The number of carbonyl (C=O) groups is 2. The van der Waals surface area contributed by atoms with Crippen LogP contribution in [-0.4, -0.2) is 40.3 Å². The van der Waals surface area contributed by atoms with Gasteiger partial charge >= 0.3 is 0 Å². The van der Waals surface area contributed by atoms with Crippen molar-refractivity contribution in [3.63, 3.8) is 0 Å². The SMILES string of the molecule is CC(C)CC1NC(=O)C(C)N(CCc2ccccn2)C1=O. The van der Waals surface area contributed by atoms with E-state index in [0.717, 1.165) is 5.69 Å². The first-order valence-electron chi connectivity index (χ1n) is 7.49. The summed E-state index contributed by atoms with van der Waals surface area (Å²) in [4.78, 5) is 30.5. The first-order valence-corrected chi connectivity index (χ1v) is 7.49. The van der Waals surface area contributed by atoms with Gasteiger partial charge in [-0.3, -0.25) is 14.6 Å². The average molecular weight is 289 g/mol. The second kappa shape index (κ2) is 6.70. The molecule has 1 N–H and O–H groups in total. The van der Waals surface area contributed by atoms with Crippen LogP contribution < -0.4 is 5.32 Å². The van der Waals surface area contributed by atoms with Crippen molar-refractivity contribution < 1.29 is 9.59 Å². The lowest BCUT2D eigenvalue weighted by atomic mass is 9.98. The molecule has 1 aliphatic rings. The third-order valence-electron chi connectivity index (χ3n) is 3.79. The first-order chi connectivity index (χ1) is 9.99. The smallest absolute Gasteiger partial charge is 0.245 e. The van der Waals surface area contributed by atoms with Gasteiger partial charge in [0.15, 0.2) is 0 Å². The standard InChI is InChI=1S/C16H23N3O2/c1-11(2)10-14-16(21)19(12(3)15(20)18-14)9-7-13-6-4-5-8-17-13/h4-6,8,11-12,14H,7,9-10H2,1-3H3,(H,18,20). The number of aromatic nitrogens is 1. The molecule has 1 aromatic heterocycles. The van der Waals surface area contributed by atoms with Crippen LogP contribution in [0, 0.1) is 5.92 Å². The molecule has 1 saturated heterocycles. The predicted octanol–water partition coefficient (Wildman–Crippen LogP) is 1.39. The molecule has 0 bridgehead atoms. The van der Waals surface area contributed by atoms with E-state index in [4.69, 9.17) is 0 Å². The van der Waals surface area contributed by atoms with Gasteiger partial charge in [-0.05, 0) is 31.4 Å². The summed E-state index contributed by atoms with van der Waals surface area (Å²) in [7, 11) is 0. The van der Waals surface area contributed by atoms with Crippen molar-refractivity contribution in [2.75, 3.05) is 6.54 Å². The number of rotatable bonds is 5. The van der Waals surface area contributed by atoms with Gasteiger partial charge in [-0.2, -0.15) is 0 Å². The summed E-state index contributed by atoms with van der Waals surface area (Å²) in [6, 6.07) is 4.93. The summed E-state index contributed by atoms with van der Waals surface area (Å²) >= 11 is 0. The maximum Gasteiger partial charge on any atom is 0.245 e. The average Bonchev–Trinajstić information content (AvgIpc) is 2.45. The molecule has 0 aromatic carbocycles. The highest BCUT2D eigenvalue weighted by molar-refractivity contribution is 5.96. The third-order valence-corrected chi connectivity index (χ3v) is 3.79. The molecule has 0 saturated carbocycles. The molecule has 21 heavy (non-hydrogen) atoms. The zero-order valence-electron chi connectivity index (χ0n) is 12.9. The molecule has 1 aromatic rings. The summed E-state index contributed by atoms with van der Waals surface area (Å²) < 4.78 is 0. The molecule has 2 unspecified atom stereocenters. The molecule has 1 fully saturated rings. The van der Waals surface area contributed by atoms with E-state index < -0.39 is 12.1 Å². The minimum Gasteiger partial charge on any atom is -0.343 e. The zero-order chi connectivity index (χ0) is 15.4. The van der Waals surface area contributed by atoms with E-state index in [-0.39, 0.29) is 11.8 Å². The van der Waals surface area contributed by atoms with E-state index in [1.165, 1.54) is 0 Å². The van der Waals surface area contributed by atoms with Gasteiger partial charge in [0.25, 0.3) is 0 Å². The minimum atomic E-state index is -0.412. The Morgan fingerprint density at radius 2 is 2.10 bits per heavy atom. The van der Waals surface area contributed by atoms with Crippen molar-refractivity contribution in [2.24, 2.45) is 5.92 Å². The monoisotopic (exact) mass is 289 g/mol. The van der Waals surface area contributed by atoms with Crippen LogP contribution in [0.3, 0.4) is 0 Å². The summed E-state index contributed by atoms with van der Waals surface area (Å²) in [6.07, 6.45) is 3.08. The molecule has 2 rings (SSSR count). The summed E-state index contributed by atoms with van der Waals surface area (Å²) in [6.45, 7) is 6.40. The van der Waals surface area contributed by atoms with Crippen LogP contribution in [0.5, 0.6) is 0 Å². The Balaban J connectivity index is 2.04. The van der Waals surface area contributed by atoms with Crippen molar-refractivity contribution in [3.8, 4) is 0 Å². The minimum absolute atomic E-state index is 0.0201. The Labute approximate surface area is 125 Å². The normalized spacial score (nSPS) is 22.6. The Kier molecular flexibility index (Phi) is 4.94. The van der Waals surface area contributed by atoms with E-state index in [0.29, 0.717) is 25.3 Å². The number of carbonyl (C=O) groups excluding carboxylic acids is 2. The number of hydrogen-bond donors (Lipinski definition) is 1. The molecule has 0 spiro atoms. The number of pyridine rings is 1. The van der Waals surface area contributed by atoms with Gasteiger partial charge in [0.2, 0.25) is 11.8 Å². The Hall–Kier alpha value is -1.91. The quantitative estimate of drug-likeness (QED) is 0.891. The molecule has 2 amide bonds. The number of hydrogen-bond acceptors (Lipinski definition) is 3. The van der Waals surface area contributed by atoms with E-state index in [9.17, 15) is 9.59 Å². The highest BCUT2D eigenvalue weighted by Crippen LogP contribution is 2.16. The Bertz CT molecular complexity index is 502. The first kappa shape index (κ1) is 15.5. The summed E-state index contributed by atoms with van der Waals surface area (Å²) in [5, 5.41) is 2.83. The second-order valence-electron chi connectivity index (χ2n) is 5.97. The molecule has 114 valence electrons. The van der Waals surface area contributed by atoms with Crippen LogP contribution in [0.1, 0.15) is 32.9 Å². The van der Waals surface area contributed by atoms with Crippen molar-refractivity contribution in [1.82, 2.24) is 15.2 Å². The van der Waals surface area contributed by atoms with E-state index in [1.54, 1.807) is 18.0 Å². The number of amides is 2. The maximum absolute atomic E-state index is 12.5. The van der Waals surface area contributed by atoms with Crippen LogP contribution in [0.25, 0.3) is 0 Å². The lowest BCUT2D eigenvalue weighted by Gasteiger charge is -2.38. The fourth-order valence-electron chi connectivity index (χ4n) is 2.60. The van der Waals surface area contributed by atoms with Crippen molar-refractivity contribution >= 4 is 11.8 Å². The van der Waals surface area contributed by atoms with Gasteiger partial charge in [-0.1, -0.05) is 19.9 Å². The molecule has 2 atom stereocenters. The van der Waals surface area contributed by atoms with Crippen LogP contribution >= 0.6 is 0 Å². The Morgan fingerprint density at radius 1 is 1.33 bits per heavy atom. The molecule has 5 nitrogen and oxygen atoms in total. The van der Waals surface area contributed by atoms with Crippen LogP contribution in [0.15, 0.2) is 24.4 Å². The molecule has 1 aliphatic heterocycles. The van der Waals surface area contributed by atoms with Crippen LogP contribution in [-0.2, 0) is 16.0 Å². The third kappa shape index (κ3) is 3.80. The molecular formula is C16H23N3O2. The van der Waals surface area contributed by atoms with Crippen LogP contribution in [0.2, 0.25) is 0 Å². The molecule has 0 radical (unpaired) electrons. The van der Waals surface area contributed by atoms with Crippen molar-refractivity contribution in [1.29, 1.82) is 0 Å². The van der Waals surface area contributed by atoms with E-state index in [1.807, 2.05) is 18.2 Å².